The highest BCUT2D eigenvalue weighted by Crippen LogP contribution is 2.41. The van der Waals surface area contributed by atoms with E-state index in [9.17, 15) is 9.59 Å². The summed E-state index contributed by atoms with van der Waals surface area (Å²) in [6.07, 6.45) is 1.62. The molecule has 0 aliphatic carbocycles. The molecule has 0 unspecified atom stereocenters. The highest BCUT2D eigenvalue weighted by Gasteiger charge is 2.28. The van der Waals surface area contributed by atoms with Crippen molar-refractivity contribution in [1.82, 2.24) is 20.2 Å². The number of carbonyl (C=O) groups excluding carboxylic acids is 2. The second-order valence-corrected chi connectivity index (χ2v) is 9.56. The fraction of sp³-hybridized carbons (Fsp3) is 0.360. The van der Waals surface area contributed by atoms with Crippen molar-refractivity contribution >= 4 is 51.6 Å². The van der Waals surface area contributed by atoms with Crippen molar-refractivity contribution in [3.05, 3.63) is 46.9 Å². The number of halogens is 1. The smallest absolute Gasteiger partial charge is 0.275 e. The molecule has 0 atom stereocenters. The van der Waals surface area contributed by atoms with Gasteiger partial charge in [0.05, 0.1) is 5.39 Å². The van der Waals surface area contributed by atoms with Gasteiger partial charge in [-0.2, -0.15) is 0 Å². The maximum absolute atomic E-state index is 12.3. The van der Waals surface area contributed by atoms with Gasteiger partial charge in [0.25, 0.3) is 11.8 Å². The second-order valence-electron chi connectivity index (χ2n) is 8.56. The molecule has 0 saturated heterocycles. The third-order valence-electron chi connectivity index (χ3n) is 5.65. The topological polar surface area (TPSA) is 96.5 Å². The van der Waals surface area contributed by atoms with Gasteiger partial charge in [0.1, 0.15) is 34.5 Å². The van der Waals surface area contributed by atoms with E-state index in [-0.39, 0.29) is 24.0 Å². The SMILES string of the molecule is CCCc1nc(NC2=C(C)C(=O)NC2=O)c2c(C)c(-c3ccc(OCCN(C)C)cc3)sc2n1.Cl. The largest absolute Gasteiger partial charge is 0.492 e. The van der Waals surface area contributed by atoms with Gasteiger partial charge in [-0.25, -0.2) is 9.97 Å². The average molecular weight is 516 g/mol. The Kier molecular flexibility index (Phi) is 8.47. The van der Waals surface area contributed by atoms with E-state index in [2.05, 4.69) is 22.5 Å². The first kappa shape index (κ1) is 26.6. The van der Waals surface area contributed by atoms with Gasteiger partial charge in [-0.1, -0.05) is 6.92 Å². The van der Waals surface area contributed by atoms with Gasteiger partial charge in [0.15, 0.2) is 0 Å². The number of aromatic nitrogens is 2. The fourth-order valence-corrected chi connectivity index (χ4v) is 4.95. The molecule has 1 aliphatic rings. The van der Waals surface area contributed by atoms with E-state index in [1.54, 1.807) is 18.3 Å². The number of ether oxygens (including phenoxy) is 1. The number of nitrogens with one attached hydrogen (secondary N) is 2. The van der Waals surface area contributed by atoms with Crippen molar-refractivity contribution in [2.75, 3.05) is 32.6 Å². The van der Waals surface area contributed by atoms with Crippen molar-refractivity contribution < 1.29 is 14.3 Å². The zero-order chi connectivity index (χ0) is 24.4. The van der Waals surface area contributed by atoms with Crippen LogP contribution in [0.1, 0.15) is 31.7 Å². The summed E-state index contributed by atoms with van der Waals surface area (Å²) in [5, 5.41) is 6.32. The number of carbonyl (C=O) groups is 2. The number of nitrogens with zero attached hydrogens (tertiary/aromatic N) is 3. The van der Waals surface area contributed by atoms with Gasteiger partial charge >= 0.3 is 0 Å². The number of likely N-dealkylation sites (N-methyl/N-ethyl adjacent to an activating group) is 1. The van der Waals surface area contributed by atoms with Crippen molar-refractivity contribution in [1.29, 1.82) is 0 Å². The molecular formula is C25H30ClN5O3S. The Bertz CT molecular complexity index is 1280. The molecule has 8 nitrogen and oxygen atoms in total. The van der Waals surface area contributed by atoms with E-state index in [0.29, 0.717) is 23.8 Å². The molecule has 2 amide bonds. The molecule has 3 aromatic rings. The molecule has 35 heavy (non-hydrogen) atoms. The number of fused-ring (bicyclic) bond motifs is 1. The maximum Gasteiger partial charge on any atom is 0.275 e. The van der Waals surface area contributed by atoms with Crippen molar-refractivity contribution in [2.24, 2.45) is 0 Å². The van der Waals surface area contributed by atoms with Gasteiger partial charge in [0, 0.05) is 23.4 Å². The van der Waals surface area contributed by atoms with E-state index >= 15 is 0 Å². The van der Waals surface area contributed by atoms with Crippen LogP contribution in [-0.4, -0.2) is 53.9 Å². The number of imide groups is 1. The quantitative estimate of drug-likeness (QED) is 0.409. The lowest BCUT2D eigenvalue weighted by Gasteiger charge is -2.11. The standard InChI is InChI=1S/C25H29N5O3S.ClH/c1-6-7-18-26-22(28-20-15(3)23(31)29-24(20)32)19-14(2)21(34-25(19)27-18)16-8-10-17(11-9-16)33-13-12-30(4)5;/h8-11H,6-7,12-13H2,1-5H3,(H2,26,27,28,29,31,32);1H. The molecular weight excluding hydrogens is 486 g/mol. The minimum atomic E-state index is -0.440. The minimum Gasteiger partial charge on any atom is -0.492 e. The molecule has 10 heteroatoms. The first-order valence-electron chi connectivity index (χ1n) is 11.3. The molecule has 186 valence electrons. The first-order valence-corrected chi connectivity index (χ1v) is 12.1. The molecule has 4 rings (SSSR count). The molecule has 0 bridgehead atoms. The van der Waals surface area contributed by atoms with Crippen LogP contribution in [0.25, 0.3) is 20.7 Å². The van der Waals surface area contributed by atoms with Crippen LogP contribution in [0.5, 0.6) is 5.75 Å². The lowest BCUT2D eigenvalue weighted by atomic mass is 10.1. The van der Waals surface area contributed by atoms with Crippen LogP contribution >= 0.6 is 23.7 Å². The molecule has 2 N–H and O–H groups in total. The number of anilines is 1. The van der Waals surface area contributed by atoms with Crippen LogP contribution in [0.4, 0.5) is 5.82 Å². The predicted molar refractivity (Wildman–Crippen MR) is 142 cm³/mol. The van der Waals surface area contributed by atoms with Gasteiger partial charge in [-0.05, 0) is 69.8 Å². The van der Waals surface area contributed by atoms with E-state index in [1.807, 2.05) is 45.3 Å². The van der Waals surface area contributed by atoms with E-state index < -0.39 is 5.91 Å². The average Bonchev–Trinajstić information content (AvgIpc) is 3.25. The molecule has 0 spiro atoms. The molecule has 2 aromatic heterocycles. The Morgan fingerprint density at radius 2 is 1.80 bits per heavy atom. The number of hydrogen-bond donors (Lipinski definition) is 2. The third kappa shape index (κ3) is 5.63. The second kappa shape index (κ2) is 11.2. The molecule has 1 aromatic carbocycles. The normalized spacial score (nSPS) is 13.4. The Hall–Kier alpha value is -3.01. The summed E-state index contributed by atoms with van der Waals surface area (Å²) in [4.78, 5) is 37.7. The minimum absolute atomic E-state index is 0. The van der Waals surface area contributed by atoms with Crippen molar-refractivity contribution in [3.8, 4) is 16.2 Å². The van der Waals surface area contributed by atoms with Crippen LogP contribution in [0.3, 0.4) is 0 Å². The number of thiophene rings is 1. The number of aryl methyl sites for hydroxylation is 2. The third-order valence-corrected chi connectivity index (χ3v) is 6.88. The summed E-state index contributed by atoms with van der Waals surface area (Å²) in [6, 6.07) is 8.05. The fourth-order valence-electron chi connectivity index (χ4n) is 3.74. The Balaban J connectivity index is 0.00000342. The predicted octanol–water partition coefficient (Wildman–Crippen LogP) is 4.32. The van der Waals surface area contributed by atoms with Crippen LogP contribution in [0.15, 0.2) is 35.5 Å². The van der Waals surface area contributed by atoms with E-state index in [1.165, 1.54) is 0 Å². The summed E-state index contributed by atoms with van der Waals surface area (Å²) in [6.45, 7) is 7.21. The first-order chi connectivity index (χ1) is 16.3. The Labute approximate surface area is 215 Å². The molecule has 3 heterocycles. The van der Waals surface area contributed by atoms with Crippen LogP contribution < -0.4 is 15.4 Å². The Morgan fingerprint density at radius 1 is 1.09 bits per heavy atom. The summed E-state index contributed by atoms with van der Waals surface area (Å²) in [5.74, 6) is 1.26. The number of amides is 2. The summed E-state index contributed by atoms with van der Waals surface area (Å²) in [7, 11) is 4.03. The zero-order valence-electron chi connectivity index (χ0n) is 20.5. The van der Waals surface area contributed by atoms with Crippen LogP contribution in [0.2, 0.25) is 0 Å². The zero-order valence-corrected chi connectivity index (χ0v) is 22.2. The lowest BCUT2D eigenvalue weighted by Crippen LogP contribution is -2.24. The molecule has 0 radical (unpaired) electrons. The summed E-state index contributed by atoms with van der Waals surface area (Å²) >= 11 is 1.60. The van der Waals surface area contributed by atoms with E-state index in [4.69, 9.17) is 14.7 Å². The monoisotopic (exact) mass is 515 g/mol. The maximum atomic E-state index is 12.3. The van der Waals surface area contributed by atoms with E-state index in [0.717, 1.165) is 51.4 Å². The van der Waals surface area contributed by atoms with Crippen molar-refractivity contribution in [2.45, 2.75) is 33.6 Å². The molecule has 0 saturated carbocycles. The number of hydrogen-bond acceptors (Lipinski definition) is 8. The lowest BCUT2D eigenvalue weighted by molar-refractivity contribution is -0.124. The van der Waals surface area contributed by atoms with Crippen molar-refractivity contribution in [3.63, 3.8) is 0 Å². The van der Waals surface area contributed by atoms with Gasteiger partial charge in [-0.3, -0.25) is 14.9 Å². The number of benzene rings is 1. The summed E-state index contributed by atoms with van der Waals surface area (Å²) < 4.78 is 5.82. The summed E-state index contributed by atoms with van der Waals surface area (Å²) in [5.41, 5.74) is 2.67. The van der Waals surface area contributed by atoms with Gasteiger partial charge in [0.2, 0.25) is 0 Å². The molecule has 0 fully saturated rings. The molecule has 1 aliphatic heterocycles. The van der Waals surface area contributed by atoms with Crippen LogP contribution in [-0.2, 0) is 16.0 Å². The van der Waals surface area contributed by atoms with Crippen LogP contribution in [0, 0.1) is 6.92 Å². The number of rotatable bonds is 9. The highest BCUT2D eigenvalue weighted by atomic mass is 35.5. The van der Waals surface area contributed by atoms with Gasteiger partial charge < -0.3 is 15.0 Å². The Morgan fingerprint density at radius 3 is 2.40 bits per heavy atom. The highest BCUT2D eigenvalue weighted by molar-refractivity contribution is 7.22. The van der Waals surface area contributed by atoms with Gasteiger partial charge in [-0.15, -0.1) is 23.7 Å².